The third kappa shape index (κ3) is 2.26. The lowest BCUT2D eigenvalue weighted by Crippen LogP contribution is -2.30. The molecule has 1 fully saturated rings. The number of aromatic nitrogens is 1. The summed E-state index contributed by atoms with van der Waals surface area (Å²) in [7, 11) is -3.77. The van der Waals surface area contributed by atoms with Crippen LogP contribution in [0, 0.1) is 13.8 Å². The largest absolute Gasteiger partial charge is 0.477 e. The van der Waals surface area contributed by atoms with Crippen LogP contribution in [0.3, 0.4) is 0 Å². The minimum Gasteiger partial charge on any atom is -0.477 e. The Kier molecular flexibility index (Phi) is 3.41. The molecule has 0 unspecified atom stereocenters. The normalized spacial score (nSPS) is 20.9. The highest BCUT2D eigenvalue weighted by Crippen LogP contribution is 2.28. The van der Waals surface area contributed by atoms with Gasteiger partial charge in [-0.25, -0.2) is 13.2 Å². The standard InChI is InChI=1S/C11H16N2O5S/c1-6-9(11(15)16)12-7(2)10(6)19(17,18)13-4-3-8(14)5-13/h8,12,14H,3-5H2,1-2H3,(H,15,16)/t8-/m0/s1. The molecule has 0 aromatic carbocycles. The number of carboxylic acids is 1. The summed E-state index contributed by atoms with van der Waals surface area (Å²) in [4.78, 5) is 13.6. The average molecular weight is 288 g/mol. The van der Waals surface area contributed by atoms with E-state index in [0.29, 0.717) is 12.1 Å². The lowest BCUT2D eigenvalue weighted by atomic mass is 10.2. The van der Waals surface area contributed by atoms with E-state index in [1.165, 1.54) is 18.2 Å². The minimum absolute atomic E-state index is 0.000926. The lowest BCUT2D eigenvalue weighted by molar-refractivity contribution is 0.0690. The van der Waals surface area contributed by atoms with Crippen molar-refractivity contribution in [1.82, 2.24) is 9.29 Å². The second kappa shape index (κ2) is 4.62. The second-order valence-corrected chi connectivity index (χ2v) is 6.56. The van der Waals surface area contributed by atoms with Gasteiger partial charge in [0.25, 0.3) is 0 Å². The van der Waals surface area contributed by atoms with Crippen LogP contribution in [0.1, 0.15) is 28.2 Å². The molecule has 1 saturated heterocycles. The van der Waals surface area contributed by atoms with E-state index < -0.39 is 22.1 Å². The number of hydrogen-bond donors (Lipinski definition) is 3. The molecule has 1 aromatic rings. The van der Waals surface area contributed by atoms with Crippen LogP contribution in [-0.4, -0.2) is 53.1 Å². The maximum Gasteiger partial charge on any atom is 0.352 e. The molecule has 1 aromatic heterocycles. The van der Waals surface area contributed by atoms with Gasteiger partial charge < -0.3 is 15.2 Å². The molecule has 8 heteroatoms. The molecule has 0 aliphatic carbocycles. The molecule has 7 nitrogen and oxygen atoms in total. The molecular formula is C11H16N2O5S. The fourth-order valence-corrected chi connectivity index (χ4v) is 4.29. The molecule has 0 saturated carbocycles. The fraction of sp³-hybridized carbons (Fsp3) is 0.545. The Balaban J connectivity index is 2.50. The van der Waals surface area contributed by atoms with Gasteiger partial charge in [0.05, 0.1) is 6.10 Å². The number of carboxylic acid groups (broad SMARTS) is 1. The summed E-state index contributed by atoms with van der Waals surface area (Å²) in [5.74, 6) is -1.19. The Bertz CT molecular complexity index is 619. The van der Waals surface area contributed by atoms with Crippen molar-refractivity contribution in [3.8, 4) is 0 Å². The first-order valence-electron chi connectivity index (χ1n) is 5.85. The third-order valence-corrected chi connectivity index (χ3v) is 5.45. The first-order chi connectivity index (χ1) is 8.75. The first kappa shape index (κ1) is 14.0. The zero-order valence-corrected chi connectivity index (χ0v) is 11.5. The van der Waals surface area contributed by atoms with Crippen molar-refractivity contribution in [1.29, 1.82) is 0 Å². The van der Waals surface area contributed by atoms with Crippen LogP contribution >= 0.6 is 0 Å². The molecule has 1 atom stereocenters. The Labute approximate surface area is 110 Å². The molecule has 106 valence electrons. The fourth-order valence-electron chi connectivity index (χ4n) is 2.39. The maximum atomic E-state index is 12.5. The van der Waals surface area contributed by atoms with Gasteiger partial charge in [0.2, 0.25) is 10.0 Å². The van der Waals surface area contributed by atoms with Gasteiger partial charge in [0, 0.05) is 24.3 Å². The first-order valence-corrected chi connectivity index (χ1v) is 7.29. The van der Waals surface area contributed by atoms with E-state index in [1.54, 1.807) is 0 Å². The smallest absolute Gasteiger partial charge is 0.352 e. The zero-order chi connectivity index (χ0) is 14.4. The van der Waals surface area contributed by atoms with Crippen LogP contribution in [0.5, 0.6) is 0 Å². The molecule has 1 aliphatic heterocycles. The molecule has 0 radical (unpaired) electrons. The van der Waals surface area contributed by atoms with E-state index in [-0.39, 0.29) is 29.2 Å². The molecule has 0 spiro atoms. The number of nitrogens with zero attached hydrogens (tertiary/aromatic N) is 1. The number of aliphatic hydroxyl groups is 1. The predicted molar refractivity (Wildman–Crippen MR) is 66.6 cm³/mol. The van der Waals surface area contributed by atoms with E-state index in [2.05, 4.69) is 4.98 Å². The van der Waals surface area contributed by atoms with Crippen molar-refractivity contribution in [2.24, 2.45) is 0 Å². The van der Waals surface area contributed by atoms with Gasteiger partial charge in [-0.1, -0.05) is 0 Å². The van der Waals surface area contributed by atoms with Crippen LogP contribution in [0.4, 0.5) is 0 Å². The third-order valence-electron chi connectivity index (χ3n) is 3.31. The maximum absolute atomic E-state index is 12.5. The van der Waals surface area contributed by atoms with Gasteiger partial charge in [-0.05, 0) is 20.3 Å². The predicted octanol–water partition coefficient (Wildman–Crippen LogP) is 0.0850. The van der Waals surface area contributed by atoms with E-state index in [0.717, 1.165) is 0 Å². The number of aromatic carboxylic acids is 1. The molecule has 1 aliphatic rings. The summed E-state index contributed by atoms with van der Waals surface area (Å²) in [5, 5.41) is 18.4. The van der Waals surface area contributed by atoms with Crippen molar-refractivity contribution in [3.05, 3.63) is 17.0 Å². The van der Waals surface area contributed by atoms with Crippen molar-refractivity contribution < 1.29 is 23.4 Å². The van der Waals surface area contributed by atoms with Gasteiger partial charge in [0.15, 0.2) is 0 Å². The topological polar surface area (TPSA) is 111 Å². The number of aromatic amines is 1. The highest BCUT2D eigenvalue weighted by Gasteiger charge is 2.35. The number of rotatable bonds is 3. The number of hydrogen-bond acceptors (Lipinski definition) is 4. The number of carbonyl (C=O) groups is 1. The van der Waals surface area contributed by atoms with Crippen LogP contribution < -0.4 is 0 Å². The van der Waals surface area contributed by atoms with E-state index in [9.17, 15) is 18.3 Å². The number of H-pyrrole nitrogens is 1. The summed E-state index contributed by atoms with van der Waals surface area (Å²) in [6.45, 7) is 3.29. The average Bonchev–Trinajstić information content (AvgIpc) is 2.83. The van der Waals surface area contributed by atoms with Crippen LogP contribution in [-0.2, 0) is 10.0 Å². The lowest BCUT2D eigenvalue weighted by Gasteiger charge is -2.16. The molecule has 19 heavy (non-hydrogen) atoms. The number of nitrogens with one attached hydrogen (secondary N) is 1. The second-order valence-electron chi connectivity index (χ2n) is 4.69. The summed E-state index contributed by atoms with van der Waals surface area (Å²) in [6.07, 6.45) is -0.263. The Morgan fingerprint density at radius 2 is 2.05 bits per heavy atom. The highest BCUT2D eigenvalue weighted by atomic mass is 32.2. The summed E-state index contributed by atoms with van der Waals surface area (Å²) >= 11 is 0. The minimum atomic E-state index is -3.77. The van der Waals surface area contributed by atoms with E-state index in [1.807, 2.05) is 0 Å². The van der Waals surface area contributed by atoms with Crippen molar-refractivity contribution >= 4 is 16.0 Å². The van der Waals surface area contributed by atoms with Crippen LogP contribution in [0.2, 0.25) is 0 Å². The molecule has 2 heterocycles. The quantitative estimate of drug-likeness (QED) is 0.729. The molecular weight excluding hydrogens is 272 g/mol. The van der Waals surface area contributed by atoms with Gasteiger partial charge in [-0.15, -0.1) is 0 Å². The van der Waals surface area contributed by atoms with Gasteiger partial charge >= 0.3 is 5.97 Å². The summed E-state index contributed by atoms with van der Waals surface area (Å²) in [5.41, 5.74) is 0.388. The van der Waals surface area contributed by atoms with E-state index in [4.69, 9.17) is 5.11 Å². The van der Waals surface area contributed by atoms with Gasteiger partial charge in [-0.3, -0.25) is 0 Å². The van der Waals surface area contributed by atoms with Crippen molar-refractivity contribution in [2.45, 2.75) is 31.3 Å². The Hall–Kier alpha value is -1.38. The molecule has 0 amide bonds. The molecule has 3 N–H and O–H groups in total. The van der Waals surface area contributed by atoms with E-state index >= 15 is 0 Å². The van der Waals surface area contributed by atoms with Crippen LogP contribution in [0.15, 0.2) is 4.90 Å². The number of sulfonamides is 1. The Morgan fingerprint density at radius 1 is 1.42 bits per heavy atom. The number of aliphatic hydroxyl groups excluding tert-OH is 1. The van der Waals surface area contributed by atoms with Gasteiger partial charge in [0.1, 0.15) is 10.6 Å². The van der Waals surface area contributed by atoms with Gasteiger partial charge in [-0.2, -0.15) is 4.31 Å². The van der Waals surface area contributed by atoms with Crippen molar-refractivity contribution in [2.75, 3.05) is 13.1 Å². The van der Waals surface area contributed by atoms with Crippen LogP contribution in [0.25, 0.3) is 0 Å². The molecule has 2 rings (SSSR count). The monoisotopic (exact) mass is 288 g/mol. The number of aryl methyl sites for hydroxylation is 1. The Morgan fingerprint density at radius 3 is 2.47 bits per heavy atom. The summed E-state index contributed by atoms with van der Waals surface area (Å²) < 4.78 is 26.1. The summed E-state index contributed by atoms with van der Waals surface area (Å²) in [6, 6.07) is 0. The number of β-amino-alcohol motifs (C(OH)–C–C–N with tert-alkyl or cyclic N) is 1. The van der Waals surface area contributed by atoms with Crippen molar-refractivity contribution in [3.63, 3.8) is 0 Å². The molecule has 0 bridgehead atoms. The zero-order valence-electron chi connectivity index (χ0n) is 10.7. The SMILES string of the molecule is Cc1[nH]c(C(=O)O)c(C)c1S(=O)(=O)N1CC[C@H](O)C1. The highest BCUT2D eigenvalue weighted by molar-refractivity contribution is 7.89.